The SMILES string of the molecule is O=C(CSc1nc2ccccc2[nH]1)Nc1ccc(C(=O)/C=C/c2cccc(Br)c2)cc1. The van der Waals surface area contributed by atoms with Crippen molar-refractivity contribution in [2.24, 2.45) is 0 Å². The van der Waals surface area contributed by atoms with Crippen LogP contribution in [-0.2, 0) is 4.79 Å². The lowest BCUT2D eigenvalue weighted by molar-refractivity contribution is -0.113. The normalized spacial score (nSPS) is 11.1. The number of hydrogen-bond acceptors (Lipinski definition) is 4. The van der Waals surface area contributed by atoms with Crippen molar-refractivity contribution in [3.05, 3.63) is 94.5 Å². The van der Waals surface area contributed by atoms with Crippen LogP contribution in [0.1, 0.15) is 15.9 Å². The number of fused-ring (bicyclic) bond motifs is 1. The topological polar surface area (TPSA) is 74.8 Å². The van der Waals surface area contributed by atoms with Crippen LogP contribution < -0.4 is 5.32 Å². The molecule has 154 valence electrons. The summed E-state index contributed by atoms with van der Waals surface area (Å²) in [7, 11) is 0. The number of anilines is 1. The number of carbonyl (C=O) groups is 2. The first kappa shape index (κ1) is 21.1. The fraction of sp³-hybridized carbons (Fsp3) is 0.0417. The number of nitrogens with zero attached hydrogens (tertiary/aromatic N) is 1. The smallest absolute Gasteiger partial charge is 0.234 e. The zero-order valence-electron chi connectivity index (χ0n) is 16.3. The number of halogens is 1. The summed E-state index contributed by atoms with van der Waals surface area (Å²) in [6, 6.07) is 22.3. The van der Waals surface area contributed by atoms with E-state index < -0.39 is 0 Å². The number of para-hydroxylation sites is 2. The predicted octanol–water partition coefficient (Wildman–Crippen LogP) is 5.95. The van der Waals surface area contributed by atoms with Gasteiger partial charge in [-0.3, -0.25) is 9.59 Å². The molecule has 0 radical (unpaired) electrons. The maximum Gasteiger partial charge on any atom is 0.234 e. The third-order valence-electron chi connectivity index (χ3n) is 4.44. The second-order valence-electron chi connectivity index (χ2n) is 6.73. The third kappa shape index (κ3) is 5.71. The van der Waals surface area contributed by atoms with E-state index in [0.29, 0.717) is 16.4 Å². The Hall–Kier alpha value is -3.16. The molecule has 3 aromatic carbocycles. The third-order valence-corrected chi connectivity index (χ3v) is 5.80. The largest absolute Gasteiger partial charge is 0.333 e. The summed E-state index contributed by atoms with van der Waals surface area (Å²) < 4.78 is 0.959. The average molecular weight is 492 g/mol. The van der Waals surface area contributed by atoms with Crippen molar-refractivity contribution in [2.45, 2.75) is 5.16 Å². The Labute approximate surface area is 192 Å². The number of allylic oxidation sites excluding steroid dienone is 1. The average Bonchev–Trinajstić information content (AvgIpc) is 3.20. The van der Waals surface area contributed by atoms with E-state index in [4.69, 9.17) is 0 Å². The molecule has 7 heteroatoms. The number of hydrogen-bond donors (Lipinski definition) is 2. The summed E-state index contributed by atoms with van der Waals surface area (Å²) in [5.41, 5.74) is 3.96. The minimum atomic E-state index is -0.140. The molecule has 1 aromatic heterocycles. The van der Waals surface area contributed by atoms with Crippen molar-refractivity contribution < 1.29 is 9.59 Å². The van der Waals surface area contributed by atoms with Crippen LogP contribution in [0.3, 0.4) is 0 Å². The quantitative estimate of drug-likeness (QED) is 0.190. The van der Waals surface area contributed by atoms with Crippen LogP contribution in [0.5, 0.6) is 0 Å². The summed E-state index contributed by atoms with van der Waals surface area (Å²) in [5.74, 6) is -0.00652. The zero-order valence-corrected chi connectivity index (χ0v) is 18.7. The molecule has 0 fully saturated rings. The van der Waals surface area contributed by atoms with E-state index in [1.807, 2.05) is 48.5 Å². The second-order valence-corrected chi connectivity index (χ2v) is 8.61. The maximum atomic E-state index is 12.4. The van der Waals surface area contributed by atoms with Crippen molar-refractivity contribution in [1.29, 1.82) is 0 Å². The lowest BCUT2D eigenvalue weighted by atomic mass is 10.1. The van der Waals surface area contributed by atoms with Gasteiger partial charge < -0.3 is 10.3 Å². The van der Waals surface area contributed by atoms with Gasteiger partial charge in [0.05, 0.1) is 16.8 Å². The minimum absolute atomic E-state index is 0.0988. The molecule has 0 saturated heterocycles. The first-order valence-corrected chi connectivity index (χ1v) is 11.3. The van der Waals surface area contributed by atoms with Gasteiger partial charge in [-0.2, -0.15) is 0 Å². The standard InChI is InChI=1S/C24H18BrN3O2S/c25-18-5-3-4-16(14-18)8-13-22(29)17-9-11-19(12-10-17)26-23(30)15-31-24-27-20-6-1-2-7-21(20)28-24/h1-14H,15H2,(H,26,30)(H,27,28)/b13-8+. The molecular formula is C24H18BrN3O2S. The van der Waals surface area contributed by atoms with E-state index in [2.05, 4.69) is 31.2 Å². The van der Waals surface area contributed by atoms with E-state index in [1.54, 1.807) is 36.4 Å². The van der Waals surface area contributed by atoms with E-state index >= 15 is 0 Å². The predicted molar refractivity (Wildman–Crippen MR) is 129 cm³/mol. The molecule has 0 bridgehead atoms. The highest BCUT2D eigenvalue weighted by atomic mass is 79.9. The van der Waals surface area contributed by atoms with Gasteiger partial charge in [-0.05, 0) is 60.2 Å². The fourth-order valence-corrected chi connectivity index (χ4v) is 4.03. The summed E-state index contributed by atoms with van der Waals surface area (Å²) >= 11 is 4.76. The highest BCUT2D eigenvalue weighted by Crippen LogP contribution is 2.20. The van der Waals surface area contributed by atoms with Crippen LogP contribution >= 0.6 is 27.7 Å². The molecule has 0 aliphatic carbocycles. The van der Waals surface area contributed by atoms with Crippen molar-refractivity contribution in [1.82, 2.24) is 9.97 Å². The maximum absolute atomic E-state index is 12.4. The van der Waals surface area contributed by atoms with Gasteiger partial charge >= 0.3 is 0 Å². The van der Waals surface area contributed by atoms with Gasteiger partial charge in [-0.25, -0.2) is 4.98 Å². The highest BCUT2D eigenvalue weighted by Gasteiger charge is 2.08. The number of benzene rings is 3. The summed E-state index contributed by atoms with van der Waals surface area (Å²) in [5, 5.41) is 3.54. The van der Waals surface area contributed by atoms with E-state index in [-0.39, 0.29) is 17.4 Å². The molecule has 4 aromatic rings. The Morgan fingerprint density at radius 2 is 1.84 bits per heavy atom. The molecule has 5 nitrogen and oxygen atoms in total. The molecule has 1 amide bonds. The van der Waals surface area contributed by atoms with E-state index in [0.717, 1.165) is 21.1 Å². The first-order valence-electron chi connectivity index (χ1n) is 9.52. The number of aromatic nitrogens is 2. The van der Waals surface area contributed by atoms with Crippen molar-refractivity contribution in [3.63, 3.8) is 0 Å². The van der Waals surface area contributed by atoms with Crippen molar-refractivity contribution >= 4 is 62.2 Å². The van der Waals surface area contributed by atoms with Gasteiger partial charge in [-0.1, -0.05) is 58.0 Å². The van der Waals surface area contributed by atoms with Crippen LogP contribution in [0.15, 0.2) is 88.5 Å². The molecule has 31 heavy (non-hydrogen) atoms. The number of ketones is 1. The van der Waals surface area contributed by atoms with Gasteiger partial charge in [0, 0.05) is 15.7 Å². The molecule has 0 saturated carbocycles. The van der Waals surface area contributed by atoms with Crippen LogP contribution in [0.4, 0.5) is 5.69 Å². The molecule has 0 aliphatic heterocycles. The number of carbonyl (C=O) groups excluding carboxylic acids is 2. The van der Waals surface area contributed by atoms with Gasteiger partial charge in [0.2, 0.25) is 5.91 Å². The Morgan fingerprint density at radius 3 is 2.61 bits per heavy atom. The zero-order chi connectivity index (χ0) is 21.6. The molecule has 0 unspecified atom stereocenters. The van der Waals surface area contributed by atoms with Gasteiger partial charge in [0.25, 0.3) is 0 Å². The second kappa shape index (κ2) is 9.76. The monoisotopic (exact) mass is 491 g/mol. The lowest BCUT2D eigenvalue weighted by Gasteiger charge is -2.05. The lowest BCUT2D eigenvalue weighted by Crippen LogP contribution is -2.14. The van der Waals surface area contributed by atoms with Crippen molar-refractivity contribution in [3.8, 4) is 0 Å². The molecular weight excluding hydrogens is 474 g/mol. The molecule has 1 heterocycles. The number of thioether (sulfide) groups is 1. The minimum Gasteiger partial charge on any atom is -0.333 e. The number of aromatic amines is 1. The van der Waals surface area contributed by atoms with Crippen LogP contribution in [0, 0.1) is 0 Å². The summed E-state index contributed by atoms with van der Waals surface area (Å²) in [4.78, 5) is 32.3. The van der Waals surface area contributed by atoms with Gasteiger partial charge in [0.1, 0.15) is 0 Å². The highest BCUT2D eigenvalue weighted by molar-refractivity contribution is 9.10. The summed E-state index contributed by atoms with van der Waals surface area (Å²) in [6.07, 6.45) is 3.32. The number of H-pyrrole nitrogens is 1. The Balaban J connectivity index is 1.31. The first-order chi connectivity index (χ1) is 15.1. The van der Waals surface area contributed by atoms with Gasteiger partial charge in [-0.15, -0.1) is 0 Å². The number of imidazole rings is 1. The number of amides is 1. The molecule has 0 atom stereocenters. The summed E-state index contributed by atoms with van der Waals surface area (Å²) in [6.45, 7) is 0. The number of nitrogens with one attached hydrogen (secondary N) is 2. The molecule has 0 aliphatic rings. The van der Waals surface area contributed by atoms with Crippen LogP contribution in [0.25, 0.3) is 17.1 Å². The number of rotatable bonds is 7. The van der Waals surface area contributed by atoms with Crippen LogP contribution in [0.2, 0.25) is 0 Å². The molecule has 0 spiro atoms. The van der Waals surface area contributed by atoms with E-state index in [1.165, 1.54) is 11.8 Å². The van der Waals surface area contributed by atoms with Crippen molar-refractivity contribution in [2.75, 3.05) is 11.1 Å². The fourth-order valence-electron chi connectivity index (χ4n) is 2.92. The van der Waals surface area contributed by atoms with Crippen LogP contribution in [-0.4, -0.2) is 27.4 Å². The Bertz CT molecular complexity index is 1230. The van der Waals surface area contributed by atoms with E-state index in [9.17, 15) is 9.59 Å². The Morgan fingerprint density at radius 1 is 1.03 bits per heavy atom. The van der Waals surface area contributed by atoms with Gasteiger partial charge in [0.15, 0.2) is 10.9 Å². The Kier molecular flexibility index (Phi) is 6.64. The molecule has 2 N–H and O–H groups in total. The molecule has 4 rings (SSSR count).